The highest BCUT2D eigenvalue weighted by molar-refractivity contribution is 5.43. The van der Waals surface area contributed by atoms with E-state index in [1.165, 1.54) is 24.3 Å². The predicted octanol–water partition coefficient (Wildman–Crippen LogP) is 1.81. The summed E-state index contributed by atoms with van der Waals surface area (Å²) in [6, 6.07) is 19.3. The Morgan fingerprint density at radius 3 is 1.20 bits per heavy atom. The summed E-state index contributed by atoms with van der Waals surface area (Å²) < 4.78 is 0. The molecule has 98 valence electrons. The van der Waals surface area contributed by atoms with Crippen LogP contribution in [0.15, 0.2) is 60.7 Å². The average Bonchev–Trinajstić information content (AvgIpc) is 2.54. The zero-order valence-corrected chi connectivity index (χ0v) is 10.6. The third kappa shape index (κ3) is 1.94. The first kappa shape index (κ1) is 13.8. The van der Waals surface area contributed by atoms with Gasteiger partial charge in [0, 0.05) is 11.1 Å². The van der Waals surface area contributed by atoms with Gasteiger partial charge in [0.1, 0.15) is 12.1 Å². The highest BCUT2D eigenvalue weighted by Gasteiger charge is 2.53. The Balaban J connectivity index is 2.66. The van der Waals surface area contributed by atoms with Crippen LogP contribution in [0.1, 0.15) is 11.1 Å². The van der Waals surface area contributed by atoms with Gasteiger partial charge < -0.3 is 10.2 Å². The Kier molecular flexibility index (Phi) is 3.54. The van der Waals surface area contributed by atoms with E-state index in [9.17, 15) is 20.7 Å². The molecule has 2 unspecified atom stereocenters. The van der Waals surface area contributed by atoms with Crippen molar-refractivity contribution in [1.82, 2.24) is 0 Å². The standard InChI is InChI=1S/C16H12N2O2/c17-11-15(19,13-7-3-1-4-8-13)16(20,12-18)14-9-5-2-6-10-14/h1-10,19-20H. The summed E-state index contributed by atoms with van der Waals surface area (Å²) >= 11 is 0. The molecular weight excluding hydrogens is 252 g/mol. The van der Waals surface area contributed by atoms with Gasteiger partial charge in [-0.15, -0.1) is 0 Å². The van der Waals surface area contributed by atoms with E-state index in [4.69, 9.17) is 0 Å². The minimum atomic E-state index is -2.36. The zero-order chi connectivity index (χ0) is 14.6. The van der Waals surface area contributed by atoms with Gasteiger partial charge in [0.25, 0.3) is 0 Å². The van der Waals surface area contributed by atoms with Gasteiger partial charge in [-0.25, -0.2) is 0 Å². The molecule has 0 spiro atoms. The molecule has 2 N–H and O–H groups in total. The lowest BCUT2D eigenvalue weighted by molar-refractivity contribution is -0.0916. The zero-order valence-electron chi connectivity index (χ0n) is 10.6. The van der Waals surface area contributed by atoms with Crippen molar-refractivity contribution < 1.29 is 10.2 Å². The lowest BCUT2D eigenvalue weighted by Gasteiger charge is -2.33. The van der Waals surface area contributed by atoms with Gasteiger partial charge in [-0.1, -0.05) is 60.7 Å². The summed E-state index contributed by atoms with van der Waals surface area (Å²) in [5.41, 5.74) is -4.39. The molecule has 2 aromatic rings. The van der Waals surface area contributed by atoms with E-state index < -0.39 is 11.2 Å². The van der Waals surface area contributed by atoms with Crippen molar-refractivity contribution in [3.63, 3.8) is 0 Å². The molecule has 0 heterocycles. The van der Waals surface area contributed by atoms with E-state index in [2.05, 4.69) is 0 Å². The average molecular weight is 264 g/mol. The van der Waals surface area contributed by atoms with Crippen molar-refractivity contribution in [2.75, 3.05) is 0 Å². The largest absolute Gasteiger partial charge is 0.368 e. The lowest BCUT2D eigenvalue weighted by Crippen LogP contribution is -2.47. The topological polar surface area (TPSA) is 88.0 Å². The van der Waals surface area contributed by atoms with Crippen LogP contribution in [0.3, 0.4) is 0 Å². The van der Waals surface area contributed by atoms with Crippen molar-refractivity contribution >= 4 is 0 Å². The van der Waals surface area contributed by atoms with Crippen LogP contribution in [0.4, 0.5) is 0 Å². The Bertz CT molecular complexity index is 612. The summed E-state index contributed by atoms with van der Waals surface area (Å²) in [5, 5.41) is 40.0. The second kappa shape index (κ2) is 5.14. The number of rotatable bonds is 3. The van der Waals surface area contributed by atoms with Crippen molar-refractivity contribution in [3.05, 3.63) is 71.8 Å². The second-order valence-corrected chi connectivity index (χ2v) is 4.38. The van der Waals surface area contributed by atoms with Crippen molar-refractivity contribution in [3.8, 4) is 12.1 Å². The molecule has 0 aromatic heterocycles. The van der Waals surface area contributed by atoms with E-state index >= 15 is 0 Å². The minimum absolute atomic E-state index is 0.162. The van der Waals surface area contributed by atoms with Gasteiger partial charge in [-0.05, 0) is 0 Å². The quantitative estimate of drug-likeness (QED) is 0.827. The highest BCUT2D eigenvalue weighted by atomic mass is 16.4. The second-order valence-electron chi connectivity index (χ2n) is 4.38. The molecule has 0 fully saturated rings. The molecule has 0 amide bonds. The van der Waals surface area contributed by atoms with E-state index in [-0.39, 0.29) is 11.1 Å². The van der Waals surface area contributed by atoms with Gasteiger partial charge in [-0.3, -0.25) is 0 Å². The van der Waals surface area contributed by atoms with Crippen molar-refractivity contribution in [1.29, 1.82) is 10.5 Å². The van der Waals surface area contributed by atoms with Crippen molar-refractivity contribution in [2.24, 2.45) is 0 Å². The fourth-order valence-electron chi connectivity index (χ4n) is 2.07. The number of aliphatic hydroxyl groups is 2. The van der Waals surface area contributed by atoms with Gasteiger partial charge in [0.15, 0.2) is 0 Å². The third-order valence-corrected chi connectivity index (χ3v) is 3.23. The maximum absolute atomic E-state index is 10.6. The maximum Gasteiger partial charge on any atom is 0.224 e. The molecule has 0 radical (unpaired) electrons. The van der Waals surface area contributed by atoms with Gasteiger partial charge in [0.2, 0.25) is 11.2 Å². The van der Waals surface area contributed by atoms with Gasteiger partial charge in [0.05, 0.1) is 0 Å². The smallest absolute Gasteiger partial charge is 0.224 e. The number of benzene rings is 2. The minimum Gasteiger partial charge on any atom is -0.368 e. The third-order valence-electron chi connectivity index (χ3n) is 3.23. The lowest BCUT2D eigenvalue weighted by atomic mass is 9.75. The molecule has 4 heteroatoms. The van der Waals surface area contributed by atoms with Crippen LogP contribution in [-0.2, 0) is 11.2 Å². The molecule has 0 saturated heterocycles. The Labute approximate surface area is 116 Å². The summed E-state index contributed by atoms with van der Waals surface area (Å²) in [6.07, 6.45) is 0. The summed E-state index contributed by atoms with van der Waals surface area (Å²) in [7, 11) is 0. The SMILES string of the molecule is N#CC(O)(c1ccccc1)C(O)(C#N)c1ccccc1. The molecule has 2 rings (SSSR count). The number of nitriles is 2. The van der Waals surface area contributed by atoms with E-state index in [0.717, 1.165) is 0 Å². The van der Waals surface area contributed by atoms with Crippen molar-refractivity contribution in [2.45, 2.75) is 11.2 Å². The summed E-state index contributed by atoms with van der Waals surface area (Å²) in [5.74, 6) is 0. The normalized spacial score (nSPS) is 16.2. The van der Waals surface area contributed by atoms with Crippen LogP contribution >= 0.6 is 0 Å². The Morgan fingerprint density at radius 1 is 0.650 bits per heavy atom. The molecule has 0 aliphatic carbocycles. The number of hydrogen-bond acceptors (Lipinski definition) is 4. The van der Waals surface area contributed by atoms with E-state index in [0.29, 0.717) is 0 Å². The van der Waals surface area contributed by atoms with Gasteiger partial charge >= 0.3 is 0 Å². The Hall–Kier alpha value is -2.66. The predicted molar refractivity (Wildman–Crippen MR) is 71.9 cm³/mol. The van der Waals surface area contributed by atoms with Crippen LogP contribution in [0.25, 0.3) is 0 Å². The summed E-state index contributed by atoms with van der Waals surface area (Å²) in [6.45, 7) is 0. The maximum atomic E-state index is 10.6. The van der Waals surface area contributed by atoms with Crippen LogP contribution in [-0.4, -0.2) is 10.2 Å². The molecule has 2 atom stereocenters. The molecule has 2 aromatic carbocycles. The number of hydrogen-bond donors (Lipinski definition) is 2. The number of nitrogens with zero attached hydrogens (tertiary/aromatic N) is 2. The van der Waals surface area contributed by atoms with Crippen LogP contribution in [0.5, 0.6) is 0 Å². The summed E-state index contributed by atoms with van der Waals surface area (Å²) in [4.78, 5) is 0. The first-order valence-electron chi connectivity index (χ1n) is 5.97. The Morgan fingerprint density at radius 2 is 0.950 bits per heavy atom. The molecule has 0 aliphatic rings. The first-order valence-corrected chi connectivity index (χ1v) is 5.97. The molecule has 0 aliphatic heterocycles. The van der Waals surface area contributed by atoms with E-state index in [1.807, 2.05) is 0 Å². The fourth-order valence-corrected chi connectivity index (χ4v) is 2.07. The first-order chi connectivity index (χ1) is 9.58. The fraction of sp³-hybridized carbons (Fsp3) is 0.125. The molecule has 0 saturated carbocycles. The molecule has 20 heavy (non-hydrogen) atoms. The van der Waals surface area contributed by atoms with Gasteiger partial charge in [-0.2, -0.15) is 10.5 Å². The van der Waals surface area contributed by atoms with Crippen LogP contribution in [0.2, 0.25) is 0 Å². The van der Waals surface area contributed by atoms with Crippen LogP contribution in [0, 0.1) is 22.7 Å². The highest BCUT2D eigenvalue weighted by Crippen LogP contribution is 2.39. The van der Waals surface area contributed by atoms with Crippen LogP contribution < -0.4 is 0 Å². The monoisotopic (exact) mass is 264 g/mol. The molecular formula is C16H12N2O2. The molecule has 0 bridgehead atoms. The van der Waals surface area contributed by atoms with E-state index in [1.54, 1.807) is 48.5 Å². The molecule has 4 nitrogen and oxygen atoms in total.